The Morgan fingerprint density at radius 3 is 3.00 bits per heavy atom. The number of aliphatic hydroxyl groups is 1. The van der Waals surface area contributed by atoms with Gasteiger partial charge in [0.15, 0.2) is 0 Å². The molecule has 0 saturated heterocycles. The van der Waals surface area contributed by atoms with E-state index in [2.05, 4.69) is 11.7 Å². The van der Waals surface area contributed by atoms with Crippen molar-refractivity contribution >= 4 is 0 Å². The van der Waals surface area contributed by atoms with E-state index >= 15 is 0 Å². The molecule has 0 radical (unpaired) electrons. The third kappa shape index (κ3) is 1.56. The summed E-state index contributed by atoms with van der Waals surface area (Å²) < 4.78 is 1.78. The summed E-state index contributed by atoms with van der Waals surface area (Å²) in [6, 6.07) is 1.87. The minimum atomic E-state index is -0.605. The van der Waals surface area contributed by atoms with E-state index in [1.54, 1.807) is 4.68 Å². The quantitative estimate of drug-likeness (QED) is 0.690. The van der Waals surface area contributed by atoms with Gasteiger partial charge in [-0.25, -0.2) is 0 Å². The van der Waals surface area contributed by atoms with Crippen LogP contribution in [0.1, 0.15) is 24.4 Å². The van der Waals surface area contributed by atoms with Gasteiger partial charge in [-0.05, 0) is 19.9 Å². The molecule has 0 bridgehead atoms. The summed E-state index contributed by atoms with van der Waals surface area (Å²) >= 11 is 0. The van der Waals surface area contributed by atoms with Gasteiger partial charge in [0.1, 0.15) is 6.10 Å². The van der Waals surface area contributed by atoms with Gasteiger partial charge in [0.05, 0.1) is 11.4 Å². The number of aryl methyl sites for hydroxylation is 2. The first-order valence-electron chi connectivity index (χ1n) is 4.04. The Hall–Kier alpha value is -1.09. The zero-order chi connectivity index (χ0) is 9.14. The van der Waals surface area contributed by atoms with Crippen molar-refractivity contribution in [3.8, 4) is 0 Å². The summed E-state index contributed by atoms with van der Waals surface area (Å²) in [5, 5.41) is 13.7. The van der Waals surface area contributed by atoms with Crippen LogP contribution >= 0.6 is 0 Å². The average molecular weight is 166 g/mol. The van der Waals surface area contributed by atoms with Gasteiger partial charge in [0.25, 0.3) is 0 Å². The molecule has 1 N–H and O–H groups in total. The number of rotatable bonds is 3. The number of aromatic nitrogens is 2. The van der Waals surface area contributed by atoms with Crippen LogP contribution in [0.25, 0.3) is 0 Å². The molecule has 1 heterocycles. The van der Waals surface area contributed by atoms with E-state index in [1.807, 2.05) is 19.9 Å². The molecule has 1 unspecified atom stereocenters. The van der Waals surface area contributed by atoms with Gasteiger partial charge in [0, 0.05) is 6.54 Å². The Balaban J connectivity index is 3.03. The zero-order valence-electron chi connectivity index (χ0n) is 7.49. The van der Waals surface area contributed by atoms with E-state index in [0.29, 0.717) is 0 Å². The lowest BCUT2D eigenvalue weighted by Gasteiger charge is -2.06. The lowest BCUT2D eigenvalue weighted by Crippen LogP contribution is -2.05. The fourth-order valence-electron chi connectivity index (χ4n) is 1.18. The molecular weight excluding hydrogens is 152 g/mol. The number of hydrogen-bond acceptors (Lipinski definition) is 2. The van der Waals surface area contributed by atoms with E-state index in [4.69, 9.17) is 0 Å². The molecule has 1 aromatic rings. The second-order valence-corrected chi connectivity index (χ2v) is 2.71. The van der Waals surface area contributed by atoms with Crippen molar-refractivity contribution in [1.82, 2.24) is 9.78 Å². The van der Waals surface area contributed by atoms with Crippen LogP contribution in [-0.2, 0) is 6.54 Å². The molecular formula is C9H14N2O. The molecule has 0 aliphatic heterocycles. The van der Waals surface area contributed by atoms with Crippen LogP contribution in [0, 0.1) is 6.92 Å². The third-order valence-electron chi connectivity index (χ3n) is 1.76. The number of aliphatic hydroxyl groups excluding tert-OH is 1. The Morgan fingerprint density at radius 1 is 1.83 bits per heavy atom. The molecule has 0 spiro atoms. The van der Waals surface area contributed by atoms with Crippen LogP contribution in [0.3, 0.4) is 0 Å². The molecule has 12 heavy (non-hydrogen) atoms. The molecule has 0 aliphatic carbocycles. The van der Waals surface area contributed by atoms with E-state index in [1.165, 1.54) is 6.08 Å². The van der Waals surface area contributed by atoms with Gasteiger partial charge in [-0.1, -0.05) is 6.08 Å². The fraction of sp³-hybridized carbons (Fsp3) is 0.444. The maximum Gasteiger partial charge on any atom is 0.113 e. The van der Waals surface area contributed by atoms with E-state index in [9.17, 15) is 5.11 Å². The van der Waals surface area contributed by atoms with Crippen LogP contribution in [0.4, 0.5) is 0 Å². The fourth-order valence-corrected chi connectivity index (χ4v) is 1.18. The minimum Gasteiger partial charge on any atom is -0.383 e. The molecule has 1 atom stereocenters. The highest BCUT2D eigenvalue weighted by atomic mass is 16.3. The van der Waals surface area contributed by atoms with Gasteiger partial charge in [0.2, 0.25) is 0 Å². The third-order valence-corrected chi connectivity index (χ3v) is 1.76. The molecule has 0 aromatic carbocycles. The van der Waals surface area contributed by atoms with Gasteiger partial charge in [-0.3, -0.25) is 4.68 Å². The molecule has 3 nitrogen and oxygen atoms in total. The Bertz CT molecular complexity index is 278. The molecule has 0 fully saturated rings. The summed E-state index contributed by atoms with van der Waals surface area (Å²) in [5.74, 6) is 0. The van der Waals surface area contributed by atoms with Crippen LogP contribution < -0.4 is 0 Å². The first-order chi connectivity index (χ1) is 5.69. The Kier molecular flexibility index (Phi) is 2.65. The summed E-state index contributed by atoms with van der Waals surface area (Å²) in [6.45, 7) is 8.20. The maximum absolute atomic E-state index is 9.48. The van der Waals surface area contributed by atoms with Gasteiger partial charge in [-0.2, -0.15) is 5.10 Å². The normalized spacial score (nSPS) is 12.9. The molecule has 1 aromatic heterocycles. The first kappa shape index (κ1) is 9.00. The van der Waals surface area contributed by atoms with Crippen LogP contribution in [-0.4, -0.2) is 14.9 Å². The largest absolute Gasteiger partial charge is 0.383 e. The predicted molar refractivity (Wildman–Crippen MR) is 47.8 cm³/mol. The molecule has 0 amide bonds. The minimum absolute atomic E-state index is 0.605. The van der Waals surface area contributed by atoms with Crippen LogP contribution in [0.15, 0.2) is 18.7 Å². The summed E-state index contributed by atoms with van der Waals surface area (Å²) in [4.78, 5) is 0. The maximum atomic E-state index is 9.48. The number of hydrogen-bond donors (Lipinski definition) is 1. The Morgan fingerprint density at radius 2 is 2.50 bits per heavy atom. The van der Waals surface area contributed by atoms with Crippen LogP contribution in [0.5, 0.6) is 0 Å². The lowest BCUT2D eigenvalue weighted by atomic mass is 10.2. The SMILES string of the molecule is C=CC(O)c1cc(C)nn1CC. The highest BCUT2D eigenvalue weighted by Gasteiger charge is 2.09. The van der Waals surface area contributed by atoms with Crippen molar-refractivity contribution in [2.45, 2.75) is 26.5 Å². The monoisotopic (exact) mass is 166 g/mol. The smallest absolute Gasteiger partial charge is 0.113 e. The van der Waals surface area contributed by atoms with Crippen LogP contribution in [0.2, 0.25) is 0 Å². The summed E-state index contributed by atoms with van der Waals surface area (Å²) in [5.41, 5.74) is 1.73. The van der Waals surface area contributed by atoms with Gasteiger partial charge < -0.3 is 5.11 Å². The van der Waals surface area contributed by atoms with E-state index < -0.39 is 6.10 Å². The Labute approximate surface area is 72.3 Å². The molecule has 0 aliphatic rings. The second-order valence-electron chi connectivity index (χ2n) is 2.71. The van der Waals surface area contributed by atoms with Crippen molar-refractivity contribution in [1.29, 1.82) is 0 Å². The van der Waals surface area contributed by atoms with Crippen molar-refractivity contribution < 1.29 is 5.11 Å². The number of nitrogens with zero attached hydrogens (tertiary/aromatic N) is 2. The van der Waals surface area contributed by atoms with Crippen molar-refractivity contribution in [3.63, 3.8) is 0 Å². The molecule has 3 heteroatoms. The highest BCUT2D eigenvalue weighted by Crippen LogP contribution is 2.14. The topological polar surface area (TPSA) is 38.1 Å². The summed E-state index contributed by atoms with van der Waals surface area (Å²) in [7, 11) is 0. The average Bonchev–Trinajstić information content (AvgIpc) is 2.45. The molecule has 0 saturated carbocycles. The summed E-state index contributed by atoms with van der Waals surface area (Å²) in [6.07, 6.45) is 0.897. The van der Waals surface area contributed by atoms with E-state index in [0.717, 1.165) is 17.9 Å². The van der Waals surface area contributed by atoms with Gasteiger partial charge >= 0.3 is 0 Å². The van der Waals surface area contributed by atoms with Crippen molar-refractivity contribution in [3.05, 3.63) is 30.1 Å². The zero-order valence-corrected chi connectivity index (χ0v) is 7.49. The van der Waals surface area contributed by atoms with Crippen molar-refractivity contribution in [2.75, 3.05) is 0 Å². The van der Waals surface area contributed by atoms with Crippen molar-refractivity contribution in [2.24, 2.45) is 0 Å². The van der Waals surface area contributed by atoms with Gasteiger partial charge in [-0.15, -0.1) is 6.58 Å². The highest BCUT2D eigenvalue weighted by molar-refractivity contribution is 5.14. The molecule has 66 valence electrons. The standard InChI is InChI=1S/C9H14N2O/c1-4-9(12)8-6-7(3)10-11(8)5-2/h4,6,9,12H,1,5H2,2-3H3. The second kappa shape index (κ2) is 3.54. The predicted octanol–water partition coefficient (Wildman–Crippen LogP) is 1.43. The lowest BCUT2D eigenvalue weighted by molar-refractivity contribution is 0.216. The first-order valence-corrected chi connectivity index (χ1v) is 4.04. The van der Waals surface area contributed by atoms with E-state index in [-0.39, 0.29) is 0 Å². The molecule has 1 rings (SSSR count).